The van der Waals surface area contributed by atoms with E-state index in [0.29, 0.717) is 11.5 Å². The molecule has 1 amide bonds. The predicted octanol–water partition coefficient (Wildman–Crippen LogP) is 5.03. The van der Waals surface area contributed by atoms with E-state index in [1.807, 2.05) is 72.8 Å². The maximum absolute atomic E-state index is 12.5. The van der Waals surface area contributed by atoms with Crippen molar-refractivity contribution in [3.63, 3.8) is 0 Å². The van der Waals surface area contributed by atoms with E-state index >= 15 is 0 Å². The molecular weight excluding hydrogens is 414 g/mol. The number of anilines is 1. The SMILES string of the molecule is O=C(CSc1nc(-c2ccccc2)nc2ccccc12)Nc1ccc2nsnc2c1. The first-order valence-electron chi connectivity index (χ1n) is 9.23. The number of carbonyl (C=O) groups is 1. The van der Waals surface area contributed by atoms with Gasteiger partial charge in [-0.05, 0) is 24.3 Å². The van der Waals surface area contributed by atoms with E-state index < -0.39 is 0 Å². The largest absolute Gasteiger partial charge is 0.325 e. The van der Waals surface area contributed by atoms with Crippen LogP contribution in [-0.2, 0) is 4.79 Å². The van der Waals surface area contributed by atoms with Gasteiger partial charge in [-0.2, -0.15) is 8.75 Å². The second-order valence-corrected chi connectivity index (χ2v) is 8.03. The van der Waals surface area contributed by atoms with E-state index in [1.54, 1.807) is 0 Å². The number of amides is 1. The van der Waals surface area contributed by atoms with Crippen molar-refractivity contribution in [1.29, 1.82) is 0 Å². The Hall–Kier alpha value is -3.36. The van der Waals surface area contributed by atoms with Crippen molar-refractivity contribution in [1.82, 2.24) is 18.7 Å². The van der Waals surface area contributed by atoms with Crippen LogP contribution in [0.5, 0.6) is 0 Å². The third kappa shape index (κ3) is 3.87. The third-order valence-corrected chi connectivity index (χ3v) is 6.03. The minimum atomic E-state index is -0.105. The quantitative estimate of drug-likeness (QED) is 0.312. The summed E-state index contributed by atoms with van der Waals surface area (Å²) in [5.41, 5.74) is 4.11. The van der Waals surface area contributed by atoms with Gasteiger partial charge < -0.3 is 5.32 Å². The Bertz CT molecular complexity index is 1350. The molecule has 0 aliphatic rings. The number of carbonyl (C=O) groups excluding carboxylic acids is 1. The summed E-state index contributed by atoms with van der Waals surface area (Å²) in [6, 6.07) is 23.2. The third-order valence-electron chi connectivity index (χ3n) is 4.48. The average molecular weight is 430 g/mol. The topological polar surface area (TPSA) is 80.7 Å². The van der Waals surface area contributed by atoms with E-state index in [-0.39, 0.29) is 11.7 Å². The molecule has 30 heavy (non-hydrogen) atoms. The zero-order valence-electron chi connectivity index (χ0n) is 15.6. The number of para-hydroxylation sites is 1. The zero-order valence-corrected chi connectivity index (χ0v) is 17.3. The van der Waals surface area contributed by atoms with Gasteiger partial charge >= 0.3 is 0 Å². The molecule has 6 nitrogen and oxygen atoms in total. The molecule has 0 radical (unpaired) electrons. The molecule has 2 aromatic heterocycles. The fourth-order valence-corrected chi connectivity index (χ4v) is 4.40. The van der Waals surface area contributed by atoms with Crippen LogP contribution < -0.4 is 5.32 Å². The van der Waals surface area contributed by atoms with E-state index in [2.05, 4.69) is 19.0 Å². The lowest BCUT2D eigenvalue weighted by Gasteiger charge is -2.09. The van der Waals surface area contributed by atoms with Crippen LogP contribution in [-0.4, -0.2) is 30.4 Å². The van der Waals surface area contributed by atoms with Gasteiger partial charge in [0.15, 0.2) is 5.82 Å². The molecule has 5 rings (SSSR count). The Kier molecular flexibility index (Phi) is 5.08. The summed E-state index contributed by atoms with van der Waals surface area (Å²) in [6.45, 7) is 0. The smallest absolute Gasteiger partial charge is 0.234 e. The molecule has 0 aliphatic carbocycles. The van der Waals surface area contributed by atoms with E-state index in [0.717, 1.165) is 44.3 Å². The highest BCUT2D eigenvalue weighted by Gasteiger charge is 2.12. The second-order valence-electron chi connectivity index (χ2n) is 6.54. The first-order chi connectivity index (χ1) is 14.8. The van der Waals surface area contributed by atoms with Crippen molar-refractivity contribution in [3.8, 4) is 11.4 Å². The maximum Gasteiger partial charge on any atom is 0.234 e. The summed E-state index contributed by atoms with van der Waals surface area (Å²) in [7, 11) is 0. The van der Waals surface area contributed by atoms with E-state index in [4.69, 9.17) is 4.98 Å². The van der Waals surface area contributed by atoms with Crippen molar-refractivity contribution in [2.24, 2.45) is 0 Å². The number of nitrogens with one attached hydrogen (secondary N) is 1. The molecule has 0 saturated carbocycles. The highest BCUT2D eigenvalue weighted by atomic mass is 32.2. The van der Waals surface area contributed by atoms with Gasteiger partial charge in [-0.15, -0.1) is 0 Å². The molecule has 0 fully saturated rings. The van der Waals surface area contributed by atoms with Gasteiger partial charge in [0, 0.05) is 16.6 Å². The van der Waals surface area contributed by atoms with Gasteiger partial charge in [0.1, 0.15) is 16.1 Å². The van der Waals surface area contributed by atoms with Gasteiger partial charge in [0.05, 0.1) is 23.0 Å². The molecule has 0 atom stereocenters. The first kappa shape index (κ1) is 18.7. The van der Waals surface area contributed by atoms with Crippen molar-refractivity contribution < 1.29 is 4.79 Å². The first-order valence-corrected chi connectivity index (χ1v) is 10.9. The number of hydrogen-bond donors (Lipinski definition) is 1. The van der Waals surface area contributed by atoms with Gasteiger partial charge in [-0.1, -0.05) is 60.3 Å². The maximum atomic E-state index is 12.5. The standard InChI is InChI=1S/C22H15N5OS2/c28-20(23-15-10-11-18-19(12-15)27-30-26-18)13-29-22-16-8-4-5-9-17(16)24-21(25-22)14-6-2-1-3-7-14/h1-12H,13H2,(H,23,28). The Morgan fingerprint density at radius 3 is 2.57 bits per heavy atom. The van der Waals surface area contributed by atoms with Crippen LogP contribution in [0.2, 0.25) is 0 Å². The number of benzene rings is 3. The van der Waals surface area contributed by atoms with E-state index in [1.165, 1.54) is 11.8 Å². The average Bonchev–Trinajstić information content (AvgIpc) is 3.26. The van der Waals surface area contributed by atoms with Crippen LogP contribution in [0, 0.1) is 0 Å². The highest BCUT2D eigenvalue weighted by Crippen LogP contribution is 2.28. The molecule has 0 bridgehead atoms. The molecule has 5 aromatic rings. The number of hydrogen-bond acceptors (Lipinski definition) is 7. The number of nitrogens with zero attached hydrogens (tertiary/aromatic N) is 4. The van der Waals surface area contributed by atoms with Crippen LogP contribution >= 0.6 is 23.5 Å². The number of thioether (sulfide) groups is 1. The molecule has 0 spiro atoms. The molecule has 3 aromatic carbocycles. The van der Waals surface area contributed by atoms with Gasteiger partial charge in [-0.25, -0.2) is 9.97 Å². The Labute approximate surface area is 180 Å². The van der Waals surface area contributed by atoms with Crippen LogP contribution in [0.15, 0.2) is 77.8 Å². The van der Waals surface area contributed by atoms with Crippen molar-refractivity contribution in [3.05, 3.63) is 72.8 Å². The van der Waals surface area contributed by atoms with Crippen LogP contribution in [0.3, 0.4) is 0 Å². The normalized spacial score (nSPS) is 11.1. The molecule has 0 saturated heterocycles. The molecule has 0 aliphatic heterocycles. The number of aromatic nitrogens is 4. The van der Waals surface area contributed by atoms with Crippen molar-refractivity contribution in [2.45, 2.75) is 5.03 Å². The lowest BCUT2D eigenvalue weighted by molar-refractivity contribution is -0.113. The van der Waals surface area contributed by atoms with Gasteiger partial charge in [-0.3, -0.25) is 4.79 Å². The van der Waals surface area contributed by atoms with Crippen LogP contribution in [0.25, 0.3) is 33.3 Å². The highest BCUT2D eigenvalue weighted by molar-refractivity contribution is 8.00. The second kappa shape index (κ2) is 8.17. The monoisotopic (exact) mass is 429 g/mol. The van der Waals surface area contributed by atoms with Crippen molar-refractivity contribution >= 4 is 57.0 Å². The van der Waals surface area contributed by atoms with Crippen LogP contribution in [0.1, 0.15) is 0 Å². The summed E-state index contributed by atoms with van der Waals surface area (Å²) in [4.78, 5) is 22.0. The Balaban J connectivity index is 1.38. The van der Waals surface area contributed by atoms with Gasteiger partial charge in [0.25, 0.3) is 0 Å². The fourth-order valence-electron chi connectivity index (χ4n) is 3.06. The summed E-state index contributed by atoms with van der Waals surface area (Å²) < 4.78 is 8.39. The zero-order chi connectivity index (χ0) is 20.3. The summed E-state index contributed by atoms with van der Waals surface area (Å²) >= 11 is 2.56. The number of fused-ring (bicyclic) bond motifs is 2. The van der Waals surface area contributed by atoms with Crippen LogP contribution in [0.4, 0.5) is 5.69 Å². The van der Waals surface area contributed by atoms with E-state index in [9.17, 15) is 4.79 Å². The lowest BCUT2D eigenvalue weighted by Crippen LogP contribution is -2.14. The number of rotatable bonds is 5. The van der Waals surface area contributed by atoms with Crippen molar-refractivity contribution in [2.75, 3.05) is 11.1 Å². The summed E-state index contributed by atoms with van der Waals surface area (Å²) in [5, 5.41) is 4.64. The summed E-state index contributed by atoms with van der Waals surface area (Å²) in [5.74, 6) is 0.785. The molecule has 2 heterocycles. The lowest BCUT2D eigenvalue weighted by atomic mass is 10.2. The minimum absolute atomic E-state index is 0.105. The molecule has 146 valence electrons. The molecule has 1 N–H and O–H groups in total. The molecule has 8 heteroatoms. The van der Waals surface area contributed by atoms with Gasteiger partial charge in [0.2, 0.25) is 5.91 Å². The Morgan fingerprint density at radius 1 is 0.867 bits per heavy atom. The molecular formula is C22H15N5OS2. The minimum Gasteiger partial charge on any atom is -0.325 e. The summed E-state index contributed by atoms with van der Waals surface area (Å²) in [6.07, 6.45) is 0. The molecule has 0 unspecified atom stereocenters. The fraction of sp³-hybridized carbons (Fsp3) is 0.0455. The Morgan fingerprint density at radius 2 is 1.67 bits per heavy atom. The predicted molar refractivity (Wildman–Crippen MR) is 122 cm³/mol.